The number of benzene rings is 2. The number of anilines is 1. The molecule has 13 rings (SSSR count). The highest BCUT2D eigenvalue weighted by atomic mass is 32.2. The molecular formula is C59H66N2S. The Hall–Kier alpha value is -3.95. The van der Waals surface area contributed by atoms with Gasteiger partial charge in [-0.25, -0.2) is 0 Å². The molecule has 2 aromatic carbocycles. The number of rotatable bonds is 6. The summed E-state index contributed by atoms with van der Waals surface area (Å²) in [6.07, 6.45) is 58.7. The van der Waals surface area contributed by atoms with Crippen molar-refractivity contribution in [3.63, 3.8) is 0 Å². The standard InChI is InChI=1S/C59H66N2S/c1-58-49-29-16-30-50(49)59(55(58)34-17-35-56(58)61(41-22-6-3-7-23-41)53-32-15-27-47-46-26-11-13-33-54(46)62-57(47)53)48-28-12-10-25-44(48)45-37-36-42(38-51(45)59)60(40-20-4-2-5-21-40)52-31-14-19-39-18-8-9-24-43(39)52/h2,4-6,9,11-15,17,19-20,22-24,26,28,31-35,40,42,44-45,47-51,53,55,57H,3,7-8,10,16,18,21,25,27,29-30,36-38H2,1H3/t40?,42?,44?,45?,47?,48?,49?,50?,51?,53?,55?,57?,58?,59-/m1/s1. The van der Waals surface area contributed by atoms with Gasteiger partial charge in [-0.05, 0) is 166 Å². The number of aryl methyl sites for hydroxylation is 1. The van der Waals surface area contributed by atoms with Crippen molar-refractivity contribution in [3.8, 4) is 0 Å². The second-order valence-electron chi connectivity index (χ2n) is 21.4. The van der Waals surface area contributed by atoms with Crippen molar-refractivity contribution < 1.29 is 0 Å². The maximum atomic E-state index is 2.99. The van der Waals surface area contributed by atoms with Gasteiger partial charge >= 0.3 is 0 Å². The summed E-state index contributed by atoms with van der Waals surface area (Å²) in [5.74, 6) is 5.67. The normalized spacial score (nSPS) is 41.2. The molecule has 0 N–H and O–H groups in total. The lowest BCUT2D eigenvalue weighted by Crippen LogP contribution is -2.52. The van der Waals surface area contributed by atoms with Crippen LogP contribution in [0, 0.1) is 52.3 Å². The van der Waals surface area contributed by atoms with Crippen LogP contribution >= 0.6 is 11.8 Å². The number of allylic oxidation sites excluding steroid dienone is 13. The van der Waals surface area contributed by atoms with E-state index >= 15 is 0 Å². The first-order valence-electron chi connectivity index (χ1n) is 25.2. The third-order valence-corrected chi connectivity index (χ3v) is 20.7. The zero-order valence-corrected chi connectivity index (χ0v) is 37.7. The fraction of sp³-hybridized carbons (Fsp3) is 0.492. The molecule has 10 aliphatic carbocycles. The van der Waals surface area contributed by atoms with Gasteiger partial charge in [-0.3, -0.25) is 0 Å². The van der Waals surface area contributed by atoms with Gasteiger partial charge in [0.15, 0.2) is 0 Å². The van der Waals surface area contributed by atoms with Crippen LogP contribution in [0.1, 0.15) is 113 Å². The Balaban J connectivity index is 0.936. The van der Waals surface area contributed by atoms with Gasteiger partial charge in [0.05, 0.1) is 12.1 Å². The van der Waals surface area contributed by atoms with E-state index in [0.717, 1.165) is 55.8 Å². The molecule has 62 heavy (non-hydrogen) atoms. The van der Waals surface area contributed by atoms with Crippen LogP contribution in [0.3, 0.4) is 0 Å². The second-order valence-corrected chi connectivity index (χ2v) is 22.7. The Labute approximate surface area is 376 Å². The predicted molar refractivity (Wildman–Crippen MR) is 260 cm³/mol. The third kappa shape index (κ3) is 5.48. The molecule has 1 aliphatic heterocycles. The number of fused-ring (bicyclic) bond motifs is 14. The summed E-state index contributed by atoms with van der Waals surface area (Å²) in [5.41, 5.74) is 9.62. The van der Waals surface area contributed by atoms with Crippen molar-refractivity contribution in [1.82, 2.24) is 4.90 Å². The molecule has 1 spiro atoms. The van der Waals surface area contributed by atoms with Crippen molar-refractivity contribution in [1.29, 1.82) is 0 Å². The van der Waals surface area contributed by atoms with Crippen molar-refractivity contribution in [2.45, 2.75) is 131 Å². The Kier molecular flexibility index (Phi) is 9.36. The molecule has 0 amide bonds. The molecule has 318 valence electrons. The molecule has 0 bridgehead atoms. The summed E-state index contributed by atoms with van der Waals surface area (Å²) in [4.78, 5) is 7.47. The van der Waals surface area contributed by atoms with Crippen LogP contribution in [0.5, 0.6) is 0 Å². The van der Waals surface area contributed by atoms with Crippen LogP contribution in [0.4, 0.5) is 5.69 Å². The maximum Gasteiger partial charge on any atom is 0.0647 e. The fourth-order valence-corrected chi connectivity index (χ4v) is 18.8. The van der Waals surface area contributed by atoms with Gasteiger partial charge in [0.1, 0.15) is 0 Å². The third-order valence-electron chi connectivity index (χ3n) is 19.2. The highest BCUT2D eigenvalue weighted by Gasteiger charge is 2.76. The molecule has 14 atom stereocenters. The monoisotopic (exact) mass is 834 g/mol. The summed E-state index contributed by atoms with van der Waals surface area (Å²) in [6, 6.07) is 18.0. The summed E-state index contributed by atoms with van der Waals surface area (Å²) < 4.78 is 0. The van der Waals surface area contributed by atoms with Crippen LogP contribution in [0.15, 0.2) is 150 Å². The molecular weight excluding hydrogens is 769 g/mol. The van der Waals surface area contributed by atoms with E-state index in [4.69, 9.17) is 0 Å². The van der Waals surface area contributed by atoms with Crippen LogP contribution in [-0.4, -0.2) is 28.3 Å². The Morgan fingerprint density at radius 1 is 0.710 bits per heavy atom. The lowest BCUT2D eigenvalue weighted by atomic mass is 9.53. The molecule has 3 heteroatoms. The maximum absolute atomic E-state index is 2.99. The van der Waals surface area contributed by atoms with E-state index < -0.39 is 0 Å². The van der Waals surface area contributed by atoms with E-state index in [1.165, 1.54) is 79.6 Å². The van der Waals surface area contributed by atoms with E-state index in [2.05, 4.69) is 168 Å². The van der Waals surface area contributed by atoms with Gasteiger partial charge in [0.25, 0.3) is 0 Å². The average molecular weight is 835 g/mol. The van der Waals surface area contributed by atoms with E-state index in [-0.39, 0.29) is 10.8 Å². The van der Waals surface area contributed by atoms with Gasteiger partial charge in [0, 0.05) is 50.2 Å². The summed E-state index contributed by atoms with van der Waals surface area (Å²) in [5, 5.41) is 0.520. The zero-order valence-electron chi connectivity index (χ0n) is 36.9. The summed E-state index contributed by atoms with van der Waals surface area (Å²) in [6.45, 7) is 2.83. The second kappa shape index (κ2) is 15.1. The molecule has 11 aliphatic rings. The van der Waals surface area contributed by atoms with Gasteiger partial charge in [0.2, 0.25) is 0 Å². The van der Waals surface area contributed by atoms with Crippen LogP contribution < -0.4 is 4.90 Å². The summed E-state index contributed by atoms with van der Waals surface area (Å²) in [7, 11) is 0. The van der Waals surface area contributed by atoms with Gasteiger partial charge in [-0.1, -0.05) is 129 Å². The van der Waals surface area contributed by atoms with Crippen molar-refractivity contribution in [2.24, 2.45) is 52.3 Å². The van der Waals surface area contributed by atoms with Crippen LogP contribution in [-0.2, 0) is 6.42 Å². The summed E-state index contributed by atoms with van der Waals surface area (Å²) >= 11 is 2.18. The van der Waals surface area contributed by atoms with Gasteiger partial charge in [-0.15, -0.1) is 11.8 Å². The smallest absolute Gasteiger partial charge is 0.0647 e. The lowest BCUT2D eigenvalue weighted by molar-refractivity contribution is 0.0100. The predicted octanol–water partition coefficient (Wildman–Crippen LogP) is 14.3. The van der Waals surface area contributed by atoms with Gasteiger partial charge < -0.3 is 9.80 Å². The Morgan fingerprint density at radius 2 is 1.65 bits per heavy atom. The van der Waals surface area contributed by atoms with E-state index in [9.17, 15) is 0 Å². The minimum absolute atomic E-state index is 0.0799. The van der Waals surface area contributed by atoms with Crippen molar-refractivity contribution >= 4 is 23.5 Å². The first-order valence-corrected chi connectivity index (χ1v) is 26.1. The van der Waals surface area contributed by atoms with E-state index in [1.54, 1.807) is 16.8 Å². The number of hydrogen-bond donors (Lipinski definition) is 0. The highest BCUT2D eigenvalue weighted by molar-refractivity contribution is 8.00. The van der Waals surface area contributed by atoms with Crippen LogP contribution in [0.25, 0.3) is 6.08 Å². The lowest BCUT2D eigenvalue weighted by Gasteiger charge is -2.54. The van der Waals surface area contributed by atoms with Crippen LogP contribution in [0.2, 0.25) is 0 Å². The molecule has 4 fully saturated rings. The minimum atomic E-state index is 0.0799. The topological polar surface area (TPSA) is 6.48 Å². The molecule has 1 heterocycles. The van der Waals surface area contributed by atoms with Gasteiger partial charge in [-0.2, -0.15) is 0 Å². The zero-order chi connectivity index (χ0) is 41.0. The van der Waals surface area contributed by atoms with Crippen molar-refractivity contribution in [2.75, 3.05) is 4.90 Å². The molecule has 0 radical (unpaired) electrons. The SMILES string of the molecule is CC12C(N(C3=CCCC=C3)C3C=CCC4c5ccccc5SC43)=CC=CC1[C@]1(C3C=CCCC3C3CCC(N(c4cccc5c4C=CCC5)C4C=CC=CC4)CC31)C1CCCC12. The molecule has 0 saturated heterocycles. The Morgan fingerprint density at radius 3 is 2.56 bits per heavy atom. The van der Waals surface area contributed by atoms with E-state index in [0.29, 0.717) is 47.0 Å². The highest BCUT2D eigenvalue weighted by Crippen LogP contribution is 2.80. The fourth-order valence-electron chi connectivity index (χ4n) is 17.3. The quantitative estimate of drug-likeness (QED) is 0.268. The first-order chi connectivity index (χ1) is 30.7. The minimum Gasteiger partial charge on any atom is -0.361 e. The first kappa shape index (κ1) is 38.5. The number of hydrogen-bond acceptors (Lipinski definition) is 3. The number of nitrogens with zero attached hydrogens (tertiary/aromatic N) is 2. The molecule has 4 saturated carbocycles. The van der Waals surface area contributed by atoms with E-state index in [1.807, 2.05) is 0 Å². The largest absolute Gasteiger partial charge is 0.361 e. The Bertz CT molecular complexity index is 2400. The molecule has 2 aromatic rings. The molecule has 13 unspecified atom stereocenters. The number of thioether (sulfide) groups is 1. The average Bonchev–Trinajstić information content (AvgIpc) is 4.09. The molecule has 0 aromatic heterocycles. The molecule has 2 nitrogen and oxygen atoms in total. The van der Waals surface area contributed by atoms with Crippen molar-refractivity contribution in [3.05, 3.63) is 162 Å².